The van der Waals surface area contributed by atoms with Crippen LogP contribution >= 0.6 is 0 Å². The maximum atomic E-state index is 4.64. The van der Waals surface area contributed by atoms with Crippen LogP contribution in [0.1, 0.15) is 5.69 Å². The predicted molar refractivity (Wildman–Crippen MR) is 92.4 cm³/mol. The zero-order valence-electron chi connectivity index (χ0n) is 14.0. The zero-order valence-corrected chi connectivity index (χ0v) is 14.0. The van der Waals surface area contributed by atoms with Crippen LogP contribution in [0.5, 0.6) is 0 Å². The number of hydrogen-bond acceptors (Lipinski definition) is 6. The Balaban J connectivity index is 1.72. The fourth-order valence-corrected chi connectivity index (χ4v) is 2.83. The maximum Gasteiger partial charge on any atom is 0.163 e. The first-order valence-electron chi connectivity index (χ1n) is 8.00. The molecule has 0 bridgehead atoms. The van der Waals surface area contributed by atoms with Crippen molar-refractivity contribution < 1.29 is 0 Å². The van der Waals surface area contributed by atoms with Gasteiger partial charge < -0.3 is 10.2 Å². The van der Waals surface area contributed by atoms with Crippen LogP contribution in [-0.4, -0.2) is 71.1 Å². The highest BCUT2D eigenvalue weighted by molar-refractivity contribution is 5.56. The number of hydrogen-bond donors (Lipinski definition) is 1. The number of rotatable bonds is 4. The van der Waals surface area contributed by atoms with Gasteiger partial charge in [0.25, 0.3) is 0 Å². The van der Waals surface area contributed by atoms with E-state index in [1.165, 1.54) is 0 Å². The molecule has 0 spiro atoms. The van der Waals surface area contributed by atoms with Gasteiger partial charge in [-0.05, 0) is 33.2 Å². The van der Waals surface area contributed by atoms with Crippen LogP contribution in [0.25, 0.3) is 11.4 Å². The van der Waals surface area contributed by atoms with Gasteiger partial charge in [-0.25, -0.2) is 9.97 Å². The van der Waals surface area contributed by atoms with Crippen molar-refractivity contribution in [1.29, 1.82) is 0 Å². The fraction of sp³-hybridized carbons (Fsp3) is 0.471. The molecule has 6 nitrogen and oxygen atoms in total. The maximum absolute atomic E-state index is 4.64. The summed E-state index contributed by atoms with van der Waals surface area (Å²) >= 11 is 0. The molecule has 1 aliphatic heterocycles. The van der Waals surface area contributed by atoms with E-state index in [0.717, 1.165) is 49.1 Å². The van der Waals surface area contributed by atoms with Gasteiger partial charge in [-0.2, -0.15) is 0 Å². The van der Waals surface area contributed by atoms with Crippen LogP contribution in [-0.2, 0) is 0 Å². The minimum Gasteiger partial charge on any atom is -0.368 e. The Bertz CT molecular complexity index is 645. The molecule has 1 aliphatic rings. The standard InChI is InChI=1S/C17H24N6/c1-13-9-16(19-11-15-12-22(2)7-8-23(15)3)21-17(20-13)14-5-4-6-18-10-14/h4-6,9-10,15H,7-8,11-12H2,1-3H3,(H,19,20,21). The van der Waals surface area contributed by atoms with E-state index in [2.05, 4.69) is 44.2 Å². The number of anilines is 1. The molecular formula is C17H24N6. The third-order valence-electron chi connectivity index (χ3n) is 4.27. The summed E-state index contributed by atoms with van der Waals surface area (Å²) in [4.78, 5) is 18.1. The van der Waals surface area contributed by atoms with Gasteiger partial charge in [-0.3, -0.25) is 9.88 Å². The molecule has 1 N–H and O–H groups in total. The van der Waals surface area contributed by atoms with Crippen molar-refractivity contribution in [2.75, 3.05) is 45.6 Å². The highest BCUT2D eigenvalue weighted by Crippen LogP contribution is 2.17. The molecule has 1 fully saturated rings. The van der Waals surface area contributed by atoms with Gasteiger partial charge in [0.05, 0.1) is 0 Å². The van der Waals surface area contributed by atoms with Crippen LogP contribution in [0, 0.1) is 6.92 Å². The molecule has 0 aromatic carbocycles. The van der Waals surface area contributed by atoms with Crippen molar-refractivity contribution in [1.82, 2.24) is 24.8 Å². The molecular weight excluding hydrogens is 288 g/mol. The zero-order chi connectivity index (χ0) is 16.2. The molecule has 2 aromatic rings. The molecule has 0 aliphatic carbocycles. The molecule has 0 amide bonds. The summed E-state index contributed by atoms with van der Waals surface area (Å²) in [5, 5.41) is 3.48. The van der Waals surface area contributed by atoms with Crippen LogP contribution in [0.3, 0.4) is 0 Å². The molecule has 1 atom stereocenters. The summed E-state index contributed by atoms with van der Waals surface area (Å²) < 4.78 is 0. The summed E-state index contributed by atoms with van der Waals surface area (Å²) in [5.74, 6) is 1.59. The summed E-state index contributed by atoms with van der Waals surface area (Å²) in [6.45, 7) is 6.18. The Morgan fingerprint density at radius 1 is 1.26 bits per heavy atom. The summed E-state index contributed by atoms with van der Waals surface area (Å²) in [6, 6.07) is 6.37. The number of piperazine rings is 1. The van der Waals surface area contributed by atoms with E-state index in [0.29, 0.717) is 6.04 Å². The number of aryl methyl sites for hydroxylation is 1. The Labute approximate surface area is 137 Å². The Morgan fingerprint density at radius 3 is 2.91 bits per heavy atom. The lowest BCUT2D eigenvalue weighted by molar-refractivity contribution is 0.122. The first-order valence-corrected chi connectivity index (χ1v) is 8.00. The van der Waals surface area contributed by atoms with Gasteiger partial charge in [-0.1, -0.05) is 0 Å². The van der Waals surface area contributed by atoms with Crippen molar-refractivity contribution >= 4 is 5.82 Å². The molecule has 0 saturated carbocycles. The van der Waals surface area contributed by atoms with Crippen LogP contribution < -0.4 is 5.32 Å². The van der Waals surface area contributed by atoms with Crippen LogP contribution in [0.4, 0.5) is 5.82 Å². The van der Waals surface area contributed by atoms with E-state index in [4.69, 9.17) is 0 Å². The molecule has 122 valence electrons. The van der Waals surface area contributed by atoms with Gasteiger partial charge in [0.15, 0.2) is 5.82 Å². The summed E-state index contributed by atoms with van der Waals surface area (Å²) in [6.07, 6.45) is 3.55. The highest BCUT2D eigenvalue weighted by Gasteiger charge is 2.21. The Morgan fingerprint density at radius 2 is 2.13 bits per heavy atom. The number of pyridine rings is 1. The van der Waals surface area contributed by atoms with E-state index in [-0.39, 0.29) is 0 Å². The quantitative estimate of drug-likeness (QED) is 0.923. The van der Waals surface area contributed by atoms with E-state index in [1.54, 1.807) is 12.4 Å². The molecule has 1 saturated heterocycles. The minimum atomic E-state index is 0.492. The van der Waals surface area contributed by atoms with Crippen molar-refractivity contribution in [3.63, 3.8) is 0 Å². The second-order valence-electron chi connectivity index (χ2n) is 6.24. The molecule has 0 radical (unpaired) electrons. The van der Waals surface area contributed by atoms with Crippen LogP contribution in [0.15, 0.2) is 30.6 Å². The topological polar surface area (TPSA) is 57.2 Å². The summed E-state index contributed by atoms with van der Waals surface area (Å²) in [7, 11) is 4.36. The predicted octanol–water partition coefficient (Wildman–Crippen LogP) is 1.50. The molecule has 23 heavy (non-hydrogen) atoms. The molecule has 3 rings (SSSR count). The minimum absolute atomic E-state index is 0.492. The first-order chi connectivity index (χ1) is 11.1. The van der Waals surface area contributed by atoms with E-state index in [1.807, 2.05) is 25.1 Å². The fourth-order valence-electron chi connectivity index (χ4n) is 2.83. The number of aromatic nitrogens is 3. The van der Waals surface area contributed by atoms with Gasteiger partial charge in [0.1, 0.15) is 5.82 Å². The second kappa shape index (κ2) is 7.02. The monoisotopic (exact) mass is 312 g/mol. The first kappa shape index (κ1) is 15.8. The van der Waals surface area contributed by atoms with E-state index >= 15 is 0 Å². The molecule has 1 unspecified atom stereocenters. The Kier molecular flexibility index (Phi) is 4.83. The molecule has 2 aromatic heterocycles. The lowest BCUT2D eigenvalue weighted by atomic mass is 10.2. The van der Waals surface area contributed by atoms with E-state index < -0.39 is 0 Å². The summed E-state index contributed by atoms with van der Waals surface area (Å²) in [5.41, 5.74) is 1.89. The lowest BCUT2D eigenvalue weighted by Crippen LogP contribution is -2.52. The highest BCUT2D eigenvalue weighted by atomic mass is 15.3. The van der Waals surface area contributed by atoms with Crippen LogP contribution in [0.2, 0.25) is 0 Å². The lowest BCUT2D eigenvalue weighted by Gasteiger charge is -2.37. The number of nitrogens with one attached hydrogen (secondary N) is 1. The second-order valence-corrected chi connectivity index (χ2v) is 6.24. The van der Waals surface area contributed by atoms with E-state index in [9.17, 15) is 0 Å². The average Bonchev–Trinajstić information content (AvgIpc) is 2.56. The Hall–Kier alpha value is -2.05. The largest absolute Gasteiger partial charge is 0.368 e. The van der Waals surface area contributed by atoms with Crippen molar-refractivity contribution in [2.45, 2.75) is 13.0 Å². The van der Waals surface area contributed by atoms with Crippen molar-refractivity contribution in [3.8, 4) is 11.4 Å². The van der Waals surface area contributed by atoms with Gasteiger partial charge in [0, 0.05) is 61.9 Å². The molecule has 3 heterocycles. The molecule has 6 heteroatoms. The third-order valence-corrected chi connectivity index (χ3v) is 4.27. The SMILES string of the molecule is Cc1cc(NCC2CN(C)CCN2C)nc(-c2cccnc2)n1. The number of likely N-dealkylation sites (N-methyl/N-ethyl adjacent to an activating group) is 2. The van der Waals surface area contributed by atoms with Gasteiger partial charge in [0.2, 0.25) is 0 Å². The number of nitrogens with zero attached hydrogens (tertiary/aromatic N) is 5. The smallest absolute Gasteiger partial charge is 0.163 e. The van der Waals surface area contributed by atoms with Crippen molar-refractivity contribution in [2.24, 2.45) is 0 Å². The van der Waals surface area contributed by atoms with Gasteiger partial charge >= 0.3 is 0 Å². The van der Waals surface area contributed by atoms with Gasteiger partial charge in [-0.15, -0.1) is 0 Å². The normalized spacial score (nSPS) is 19.7. The third kappa shape index (κ3) is 4.03. The average molecular weight is 312 g/mol. The van der Waals surface area contributed by atoms with Crippen molar-refractivity contribution in [3.05, 3.63) is 36.3 Å².